The van der Waals surface area contributed by atoms with Gasteiger partial charge >= 0.3 is 0 Å². The topological polar surface area (TPSA) is 88.0 Å². The normalized spacial score (nSPS) is 12.2. The van der Waals surface area contributed by atoms with Gasteiger partial charge in [-0.25, -0.2) is 0 Å². The first-order valence-electron chi connectivity index (χ1n) is 7.71. The van der Waals surface area contributed by atoms with Gasteiger partial charge in [-0.1, -0.05) is 38.1 Å². The van der Waals surface area contributed by atoms with Crippen molar-refractivity contribution in [3.8, 4) is 0 Å². The number of aromatic nitrogens is 1. The van der Waals surface area contributed by atoms with E-state index in [-0.39, 0.29) is 23.6 Å². The zero-order chi connectivity index (χ0) is 17.0. The van der Waals surface area contributed by atoms with Crippen LogP contribution in [0.4, 0.5) is 0 Å². The number of H-pyrrole nitrogens is 1. The van der Waals surface area contributed by atoms with E-state index in [0.717, 1.165) is 5.56 Å². The number of nitrogens with one attached hydrogen (secondary N) is 2. The molecule has 5 nitrogen and oxygen atoms in total. The lowest BCUT2D eigenvalue weighted by Crippen LogP contribution is -2.34. The maximum Gasteiger partial charge on any atom is 0.256 e. The average molecular weight is 313 g/mol. The summed E-state index contributed by atoms with van der Waals surface area (Å²) in [5, 5.41) is 2.71. The van der Waals surface area contributed by atoms with Crippen molar-refractivity contribution in [2.24, 2.45) is 5.73 Å². The number of pyridine rings is 1. The molecule has 0 radical (unpaired) electrons. The second-order valence-electron chi connectivity index (χ2n) is 6.03. The van der Waals surface area contributed by atoms with E-state index in [0.29, 0.717) is 11.6 Å². The van der Waals surface area contributed by atoms with Crippen molar-refractivity contribution in [3.05, 3.63) is 69.1 Å². The van der Waals surface area contributed by atoms with Gasteiger partial charge in [0.1, 0.15) is 5.56 Å². The van der Waals surface area contributed by atoms with Crippen molar-refractivity contribution in [2.45, 2.75) is 32.7 Å². The molecule has 5 heteroatoms. The monoisotopic (exact) mass is 313 g/mol. The highest BCUT2D eigenvalue weighted by Gasteiger charge is 2.13. The highest BCUT2D eigenvalue weighted by Crippen LogP contribution is 2.17. The number of nitrogens with two attached hydrogens (primary N) is 1. The maximum atomic E-state index is 12.1. The second-order valence-corrected chi connectivity index (χ2v) is 6.03. The molecule has 0 saturated heterocycles. The molecule has 1 heterocycles. The Balaban J connectivity index is 1.99. The van der Waals surface area contributed by atoms with E-state index in [1.807, 2.05) is 24.3 Å². The van der Waals surface area contributed by atoms with E-state index in [4.69, 9.17) is 5.73 Å². The zero-order valence-electron chi connectivity index (χ0n) is 13.7. The van der Waals surface area contributed by atoms with E-state index in [1.54, 1.807) is 6.92 Å². The number of rotatable bonds is 5. The first-order chi connectivity index (χ1) is 10.9. The van der Waals surface area contributed by atoms with Crippen LogP contribution in [0.25, 0.3) is 0 Å². The van der Waals surface area contributed by atoms with Crippen molar-refractivity contribution in [1.82, 2.24) is 10.3 Å². The molecule has 0 aliphatic carbocycles. The Hall–Kier alpha value is -2.40. The molecule has 1 amide bonds. The number of aryl methyl sites for hydroxylation is 1. The van der Waals surface area contributed by atoms with Crippen LogP contribution in [0.3, 0.4) is 0 Å². The number of hydrogen-bond donors (Lipinski definition) is 3. The molecule has 1 atom stereocenters. The molecule has 0 spiro atoms. The number of benzene rings is 1. The average Bonchev–Trinajstić information content (AvgIpc) is 2.52. The van der Waals surface area contributed by atoms with Crippen LogP contribution in [0.15, 0.2) is 41.3 Å². The van der Waals surface area contributed by atoms with Crippen LogP contribution >= 0.6 is 0 Å². The Kier molecular flexibility index (Phi) is 5.34. The van der Waals surface area contributed by atoms with Crippen LogP contribution in [-0.2, 0) is 0 Å². The van der Waals surface area contributed by atoms with Crippen LogP contribution in [0.5, 0.6) is 0 Å². The first kappa shape index (κ1) is 17.0. The summed E-state index contributed by atoms with van der Waals surface area (Å²) in [7, 11) is 0. The van der Waals surface area contributed by atoms with E-state index in [9.17, 15) is 9.59 Å². The maximum absolute atomic E-state index is 12.1. The Bertz CT molecular complexity index is 733. The quantitative estimate of drug-likeness (QED) is 0.791. The number of aromatic amines is 1. The largest absolute Gasteiger partial charge is 0.364 e. The molecule has 0 aliphatic heterocycles. The molecule has 0 fully saturated rings. The fraction of sp³-hybridized carbons (Fsp3) is 0.333. The molecule has 1 unspecified atom stereocenters. The highest BCUT2D eigenvalue weighted by atomic mass is 16.2. The molecule has 1 aromatic heterocycles. The van der Waals surface area contributed by atoms with E-state index in [2.05, 4.69) is 24.1 Å². The highest BCUT2D eigenvalue weighted by molar-refractivity contribution is 5.93. The Morgan fingerprint density at radius 2 is 1.83 bits per heavy atom. The third-order valence-electron chi connectivity index (χ3n) is 3.82. The van der Waals surface area contributed by atoms with Gasteiger partial charge in [0.25, 0.3) is 5.91 Å². The van der Waals surface area contributed by atoms with Crippen LogP contribution in [0, 0.1) is 6.92 Å². The third kappa shape index (κ3) is 4.29. The Labute approximate surface area is 135 Å². The molecule has 23 heavy (non-hydrogen) atoms. The molecular formula is C18H23N3O2. The Morgan fingerprint density at radius 1 is 1.22 bits per heavy atom. The zero-order valence-corrected chi connectivity index (χ0v) is 13.7. The predicted molar refractivity (Wildman–Crippen MR) is 91.6 cm³/mol. The van der Waals surface area contributed by atoms with Gasteiger partial charge in [-0.05, 0) is 24.0 Å². The molecule has 1 aromatic carbocycles. The molecule has 2 rings (SSSR count). The summed E-state index contributed by atoms with van der Waals surface area (Å²) < 4.78 is 0. The summed E-state index contributed by atoms with van der Waals surface area (Å²) in [4.78, 5) is 26.7. The fourth-order valence-corrected chi connectivity index (χ4v) is 2.29. The van der Waals surface area contributed by atoms with Gasteiger partial charge in [-0.2, -0.15) is 0 Å². The van der Waals surface area contributed by atoms with Gasteiger partial charge in [0.15, 0.2) is 5.43 Å². The second kappa shape index (κ2) is 7.24. The minimum absolute atomic E-state index is 0.0953. The smallest absolute Gasteiger partial charge is 0.256 e. The number of carbonyl (C=O) groups is 1. The number of amides is 1. The van der Waals surface area contributed by atoms with Crippen molar-refractivity contribution < 1.29 is 4.79 Å². The minimum atomic E-state index is -0.416. The van der Waals surface area contributed by atoms with Gasteiger partial charge < -0.3 is 16.0 Å². The van der Waals surface area contributed by atoms with Crippen molar-refractivity contribution in [3.63, 3.8) is 0 Å². The van der Waals surface area contributed by atoms with Gasteiger partial charge in [-0.15, -0.1) is 0 Å². The lowest BCUT2D eigenvalue weighted by molar-refractivity contribution is 0.0950. The molecule has 0 aliphatic rings. The van der Waals surface area contributed by atoms with Crippen molar-refractivity contribution in [2.75, 3.05) is 6.54 Å². The van der Waals surface area contributed by atoms with E-state index >= 15 is 0 Å². The van der Waals surface area contributed by atoms with Crippen LogP contribution < -0.4 is 16.5 Å². The summed E-state index contributed by atoms with van der Waals surface area (Å²) in [5.41, 5.74) is 8.82. The summed E-state index contributed by atoms with van der Waals surface area (Å²) in [6.07, 6.45) is 1.43. The number of hydrogen-bond acceptors (Lipinski definition) is 3. The summed E-state index contributed by atoms with van der Waals surface area (Å²) in [6, 6.07) is 9.14. The number of carbonyl (C=O) groups excluding carboxylic acids is 1. The van der Waals surface area contributed by atoms with E-state index in [1.165, 1.54) is 17.8 Å². The summed E-state index contributed by atoms with van der Waals surface area (Å²) in [6.45, 7) is 6.30. The van der Waals surface area contributed by atoms with Crippen LogP contribution in [0.2, 0.25) is 0 Å². The van der Waals surface area contributed by atoms with Gasteiger partial charge in [0, 0.05) is 30.5 Å². The lowest BCUT2D eigenvalue weighted by atomic mass is 9.99. The van der Waals surface area contributed by atoms with Crippen LogP contribution in [-0.4, -0.2) is 17.4 Å². The molecule has 0 saturated carbocycles. The first-order valence-corrected chi connectivity index (χ1v) is 7.71. The van der Waals surface area contributed by atoms with Crippen molar-refractivity contribution >= 4 is 5.91 Å². The van der Waals surface area contributed by atoms with Gasteiger partial charge in [-0.3, -0.25) is 9.59 Å². The SMILES string of the molecule is Cc1cc(=O)c(C(=O)NCC(N)c2ccc(C(C)C)cc2)c[nH]1. The molecule has 122 valence electrons. The standard InChI is InChI=1S/C18H23N3O2/c1-11(2)13-4-6-14(7-5-13)16(19)10-21-18(23)15-9-20-12(3)8-17(15)22/h4-9,11,16H,10,19H2,1-3H3,(H,20,22)(H,21,23). The van der Waals surface area contributed by atoms with Crippen LogP contribution in [0.1, 0.15) is 53.0 Å². The molecular weight excluding hydrogens is 290 g/mol. The molecule has 2 aromatic rings. The minimum Gasteiger partial charge on any atom is -0.364 e. The Morgan fingerprint density at radius 3 is 2.39 bits per heavy atom. The summed E-state index contributed by atoms with van der Waals surface area (Å²) in [5.74, 6) is 0.0498. The molecule has 0 bridgehead atoms. The fourth-order valence-electron chi connectivity index (χ4n) is 2.29. The van der Waals surface area contributed by atoms with Gasteiger partial charge in [0.2, 0.25) is 0 Å². The predicted octanol–water partition coefficient (Wildman–Crippen LogP) is 2.24. The lowest BCUT2D eigenvalue weighted by Gasteiger charge is -2.14. The van der Waals surface area contributed by atoms with E-state index < -0.39 is 5.91 Å². The molecule has 4 N–H and O–H groups in total. The van der Waals surface area contributed by atoms with Crippen molar-refractivity contribution in [1.29, 1.82) is 0 Å². The third-order valence-corrected chi connectivity index (χ3v) is 3.82. The summed E-state index contributed by atoms with van der Waals surface area (Å²) >= 11 is 0. The van der Waals surface area contributed by atoms with Gasteiger partial charge in [0.05, 0.1) is 0 Å².